The molecular weight excluding hydrogens is 770 g/mol. The number of hydrogen-bond donors (Lipinski definition) is 2. The van der Waals surface area contributed by atoms with E-state index in [0.717, 1.165) is 112 Å². The zero-order valence-corrected chi connectivity index (χ0v) is 36.4. The summed E-state index contributed by atoms with van der Waals surface area (Å²) < 4.78 is 52.3. The van der Waals surface area contributed by atoms with Crippen molar-refractivity contribution in [1.29, 1.82) is 0 Å². The van der Waals surface area contributed by atoms with Gasteiger partial charge < -0.3 is 30.3 Å². The summed E-state index contributed by atoms with van der Waals surface area (Å²) in [7, 11) is 1.65. The molecule has 0 unspecified atom stereocenters. The number of piperidine rings is 2. The van der Waals surface area contributed by atoms with E-state index in [4.69, 9.17) is 15.2 Å². The smallest absolute Gasteiger partial charge is 0.416 e. The van der Waals surface area contributed by atoms with Crippen molar-refractivity contribution in [3.8, 4) is 5.75 Å². The number of hydrogen-bond acceptors (Lipinski definition) is 8. The Morgan fingerprint density at radius 1 is 0.867 bits per heavy atom. The van der Waals surface area contributed by atoms with Gasteiger partial charge in [-0.3, -0.25) is 4.79 Å². The predicted octanol–water partition coefficient (Wildman–Crippen LogP) is 10.8. The monoisotopic (exact) mass is 835 g/mol. The number of carbonyl (C=O) groups excluding carboxylic acids is 2. The number of aryl methyl sites for hydroxylation is 1. The van der Waals surface area contributed by atoms with E-state index >= 15 is 0 Å². The molecule has 3 aromatic rings. The first-order chi connectivity index (χ1) is 28.4. The van der Waals surface area contributed by atoms with Crippen LogP contribution < -0.4 is 15.8 Å². The van der Waals surface area contributed by atoms with Crippen molar-refractivity contribution in [3.63, 3.8) is 0 Å². The number of likely N-dealkylation sites (tertiary alicyclic amines) is 2. The molecule has 3 heterocycles. The molecule has 3 N–H and O–H groups in total. The number of alkyl halides is 3. The molecule has 4 fully saturated rings. The van der Waals surface area contributed by atoms with E-state index in [1.165, 1.54) is 32.1 Å². The molecule has 2 amide bonds. The Kier molecular flexibility index (Phi) is 12.8. The van der Waals surface area contributed by atoms with Gasteiger partial charge in [-0.1, -0.05) is 0 Å². The molecule has 0 radical (unpaired) electrons. The summed E-state index contributed by atoms with van der Waals surface area (Å²) in [5.41, 5.74) is 7.16. The highest BCUT2D eigenvalue weighted by Gasteiger charge is 2.41. The molecule has 328 valence electrons. The molecule has 60 heavy (non-hydrogen) atoms. The topological polar surface area (TPSA) is 123 Å². The van der Waals surface area contributed by atoms with Crippen molar-refractivity contribution in [2.45, 2.75) is 142 Å². The lowest BCUT2D eigenvalue weighted by atomic mass is 9.64. The standard InChI is InChI=1S/C47H65F3N6O4/c1-29(35-24-36(47(48,49)50)26-37(51)25-35)52-42-39-27-38(41(59-6)28-40(39)53-30(2)54-42)33-7-9-34(10-8-33)43(57)55-19-13-32(14-20-55)23-31-11-15-46(16-12-31)17-21-56(22-18-46)44(58)60-45(3,4)5/h24-29,31-34H,7-23,51H2,1-6H3,(H,52,53,54)/t29-,33?,34?/m1/s1. The van der Waals surface area contributed by atoms with Gasteiger partial charge in [0.15, 0.2) is 0 Å². The van der Waals surface area contributed by atoms with E-state index in [1.54, 1.807) is 27.0 Å². The Balaban J connectivity index is 0.903. The molecule has 2 saturated heterocycles. The van der Waals surface area contributed by atoms with Crippen LogP contribution in [0.3, 0.4) is 0 Å². The second kappa shape index (κ2) is 17.6. The fourth-order valence-corrected chi connectivity index (χ4v) is 10.6. The largest absolute Gasteiger partial charge is 0.496 e. The molecular formula is C47H65F3N6O4. The van der Waals surface area contributed by atoms with Gasteiger partial charge in [-0.2, -0.15) is 13.2 Å². The number of nitrogens with two attached hydrogens (primary N) is 1. The molecule has 2 saturated carbocycles. The number of methoxy groups -OCH3 is 1. The first kappa shape index (κ1) is 43.8. The van der Waals surface area contributed by atoms with Crippen LogP contribution in [0.1, 0.15) is 146 Å². The Hall–Kier alpha value is -4.29. The number of rotatable bonds is 8. The SMILES string of the molecule is COc1cc2nc(C)nc(N[C@H](C)c3cc(N)cc(C(F)(F)F)c3)c2cc1C1CCC(C(=O)N2CCC(CC3CCC4(CC3)CCN(C(=O)OC(C)(C)C)CC4)CC2)CC1. The van der Waals surface area contributed by atoms with Crippen molar-refractivity contribution in [1.82, 2.24) is 19.8 Å². The highest BCUT2D eigenvalue weighted by atomic mass is 19.4. The summed E-state index contributed by atoms with van der Waals surface area (Å²) >= 11 is 0. The van der Waals surface area contributed by atoms with E-state index < -0.39 is 23.4 Å². The van der Waals surface area contributed by atoms with Crippen LogP contribution in [0, 0.1) is 30.1 Å². The number of halogens is 3. The number of nitrogens with one attached hydrogen (secondary N) is 1. The third-order valence-electron chi connectivity index (χ3n) is 14.1. The predicted molar refractivity (Wildman–Crippen MR) is 229 cm³/mol. The molecule has 2 aliphatic heterocycles. The molecule has 4 aliphatic rings. The van der Waals surface area contributed by atoms with Crippen LogP contribution in [-0.4, -0.2) is 70.7 Å². The number of amides is 2. The average Bonchev–Trinajstić information content (AvgIpc) is 3.20. The van der Waals surface area contributed by atoms with Crippen molar-refractivity contribution in [2.24, 2.45) is 23.2 Å². The molecule has 13 heteroatoms. The van der Waals surface area contributed by atoms with Gasteiger partial charge in [-0.05, 0) is 177 Å². The maximum atomic E-state index is 13.9. The zero-order chi connectivity index (χ0) is 43.0. The third-order valence-corrected chi connectivity index (χ3v) is 14.1. The van der Waals surface area contributed by atoms with Gasteiger partial charge in [-0.25, -0.2) is 14.8 Å². The summed E-state index contributed by atoms with van der Waals surface area (Å²) in [5, 5.41) is 4.10. The molecule has 1 spiro atoms. The number of nitrogens with zero attached hydrogens (tertiary/aromatic N) is 4. The van der Waals surface area contributed by atoms with Crippen LogP contribution >= 0.6 is 0 Å². The lowest BCUT2D eigenvalue weighted by Gasteiger charge is -2.46. The van der Waals surface area contributed by atoms with Crippen LogP contribution in [0.2, 0.25) is 0 Å². The average molecular weight is 835 g/mol. The van der Waals surface area contributed by atoms with Crippen LogP contribution in [-0.2, 0) is 15.7 Å². The number of nitrogen functional groups attached to an aromatic ring is 1. The van der Waals surface area contributed by atoms with E-state index in [1.807, 2.05) is 31.7 Å². The van der Waals surface area contributed by atoms with E-state index in [9.17, 15) is 22.8 Å². The summed E-state index contributed by atoms with van der Waals surface area (Å²) in [4.78, 5) is 39.8. The van der Waals surface area contributed by atoms with Gasteiger partial charge in [0, 0.05) is 49.2 Å². The number of carbonyl (C=O) groups is 2. The van der Waals surface area contributed by atoms with Gasteiger partial charge in [0.1, 0.15) is 23.0 Å². The first-order valence-corrected chi connectivity index (χ1v) is 22.3. The van der Waals surface area contributed by atoms with Gasteiger partial charge in [0.05, 0.1) is 24.2 Å². The fourth-order valence-electron chi connectivity index (χ4n) is 10.6. The van der Waals surface area contributed by atoms with E-state index in [-0.39, 0.29) is 23.6 Å². The minimum absolute atomic E-state index is 0.0180. The maximum absolute atomic E-state index is 13.9. The number of benzene rings is 2. The molecule has 7 rings (SSSR count). The third kappa shape index (κ3) is 10.2. The van der Waals surface area contributed by atoms with Gasteiger partial charge >= 0.3 is 12.3 Å². The summed E-state index contributed by atoms with van der Waals surface area (Å²) in [5.74, 6) is 3.72. The first-order valence-electron chi connectivity index (χ1n) is 22.3. The van der Waals surface area contributed by atoms with Gasteiger partial charge in [0.25, 0.3) is 0 Å². The van der Waals surface area contributed by atoms with Gasteiger partial charge in [0.2, 0.25) is 5.91 Å². The number of ether oxygens (including phenoxy) is 2. The Morgan fingerprint density at radius 2 is 1.52 bits per heavy atom. The Labute approximate surface area is 353 Å². The van der Waals surface area contributed by atoms with Crippen LogP contribution in [0.25, 0.3) is 10.9 Å². The van der Waals surface area contributed by atoms with Crippen molar-refractivity contribution < 1.29 is 32.2 Å². The summed E-state index contributed by atoms with van der Waals surface area (Å²) in [6.07, 6.45) is 9.29. The minimum atomic E-state index is -4.51. The highest BCUT2D eigenvalue weighted by molar-refractivity contribution is 5.91. The Bertz CT molecular complexity index is 2000. The quantitative estimate of drug-likeness (QED) is 0.215. The number of fused-ring (bicyclic) bond motifs is 1. The molecule has 1 atom stereocenters. The van der Waals surface area contributed by atoms with Crippen molar-refractivity contribution in [3.05, 3.63) is 52.8 Å². The summed E-state index contributed by atoms with van der Waals surface area (Å²) in [6.45, 7) is 12.6. The van der Waals surface area contributed by atoms with E-state index in [2.05, 4.69) is 26.3 Å². The van der Waals surface area contributed by atoms with Crippen LogP contribution in [0.4, 0.5) is 29.5 Å². The summed E-state index contributed by atoms with van der Waals surface area (Å²) in [6, 6.07) is 7.07. The van der Waals surface area contributed by atoms with Crippen molar-refractivity contribution >= 4 is 34.4 Å². The highest BCUT2D eigenvalue weighted by Crippen LogP contribution is 2.49. The molecule has 1 aromatic heterocycles. The molecule has 2 aromatic carbocycles. The lowest BCUT2D eigenvalue weighted by Crippen LogP contribution is -2.46. The lowest BCUT2D eigenvalue weighted by molar-refractivity contribution is -0.138. The second-order valence-electron chi connectivity index (χ2n) is 19.4. The normalized spacial score (nSPS) is 22.5. The van der Waals surface area contributed by atoms with Crippen LogP contribution in [0.15, 0.2) is 30.3 Å². The van der Waals surface area contributed by atoms with E-state index in [0.29, 0.717) is 40.0 Å². The fraction of sp³-hybridized carbons (Fsp3) is 0.660. The minimum Gasteiger partial charge on any atom is -0.496 e. The van der Waals surface area contributed by atoms with Gasteiger partial charge in [-0.15, -0.1) is 0 Å². The Morgan fingerprint density at radius 3 is 2.13 bits per heavy atom. The van der Waals surface area contributed by atoms with Crippen LogP contribution in [0.5, 0.6) is 5.75 Å². The second-order valence-corrected chi connectivity index (χ2v) is 19.4. The zero-order valence-electron chi connectivity index (χ0n) is 36.4. The molecule has 2 aliphatic carbocycles. The maximum Gasteiger partial charge on any atom is 0.416 e. The number of aromatic nitrogens is 2. The van der Waals surface area contributed by atoms with Crippen molar-refractivity contribution in [2.75, 3.05) is 44.3 Å². The molecule has 0 bridgehead atoms. The molecule has 10 nitrogen and oxygen atoms in total. The number of anilines is 2.